The first-order valence-corrected chi connectivity index (χ1v) is 6.76. The summed E-state index contributed by atoms with van der Waals surface area (Å²) in [7, 11) is 0. The molecule has 3 rings (SSSR count). The van der Waals surface area contributed by atoms with Gasteiger partial charge in [-0.3, -0.25) is 0 Å². The topological polar surface area (TPSA) is 17.8 Å². The molecule has 0 aliphatic heterocycles. The zero-order valence-corrected chi connectivity index (χ0v) is 11.5. The third kappa shape index (κ3) is 2.61. The van der Waals surface area contributed by atoms with E-state index in [0.717, 1.165) is 18.2 Å². The highest BCUT2D eigenvalue weighted by atomic mass is 35.5. The second-order valence-corrected chi connectivity index (χ2v) is 4.88. The highest BCUT2D eigenvalue weighted by molar-refractivity contribution is 6.16. The molecule has 108 valence electrons. The van der Waals surface area contributed by atoms with Crippen LogP contribution in [0.3, 0.4) is 0 Å². The number of alkyl halides is 1. The Morgan fingerprint density at radius 3 is 2.48 bits per heavy atom. The minimum Gasteiger partial charge on any atom is -0.322 e. The quantitative estimate of drug-likeness (QED) is 0.662. The first-order chi connectivity index (χ1) is 10.1. The molecule has 0 saturated heterocycles. The maximum absolute atomic E-state index is 13.8. The Labute approximate surface area is 123 Å². The lowest BCUT2D eigenvalue weighted by Crippen LogP contribution is -2.06. The lowest BCUT2D eigenvalue weighted by atomic mass is 10.2. The fourth-order valence-corrected chi connectivity index (χ4v) is 2.47. The van der Waals surface area contributed by atoms with E-state index in [2.05, 4.69) is 4.98 Å². The van der Waals surface area contributed by atoms with Crippen LogP contribution in [0.4, 0.5) is 13.2 Å². The molecule has 2 nitrogen and oxygen atoms in total. The van der Waals surface area contributed by atoms with E-state index in [1.165, 1.54) is 12.1 Å². The Morgan fingerprint density at radius 2 is 1.71 bits per heavy atom. The van der Waals surface area contributed by atoms with E-state index in [0.29, 0.717) is 16.9 Å². The van der Waals surface area contributed by atoms with Gasteiger partial charge in [-0.1, -0.05) is 0 Å². The summed E-state index contributed by atoms with van der Waals surface area (Å²) in [5, 5.41) is 0. The Morgan fingerprint density at radius 1 is 1.00 bits per heavy atom. The smallest absolute Gasteiger partial charge is 0.128 e. The van der Waals surface area contributed by atoms with E-state index >= 15 is 0 Å². The minimum absolute atomic E-state index is 0.0772. The first-order valence-electron chi connectivity index (χ1n) is 6.23. The van der Waals surface area contributed by atoms with Crippen molar-refractivity contribution in [3.05, 3.63) is 65.2 Å². The van der Waals surface area contributed by atoms with E-state index in [-0.39, 0.29) is 18.0 Å². The number of nitrogens with zero attached hydrogens (tertiary/aromatic N) is 2. The molecule has 0 aliphatic rings. The highest BCUT2D eigenvalue weighted by Gasteiger charge is 2.13. The normalized spacial score (nSPS) is 11.2. The number of hydrogen-bond acceptors (Lipinski definition) is 1. The molecule has 0 aliphatic carbocycles. The van der Waals surface area contributed by atoms with Crippen molar-refractivity contribution >= 4 is 22.6 Å². The summed E-state index contributed by atoms with van der Waals surface area (Å²) >= 11 is 5.84. The van der Waals surface area contributed by atoms with Crippen LogP contribution in [-0.4, -0.2) is 9.55 Å². The molecule has 0 N–H and O–H groups in total. The van der Waals surface area contributed by atoms with Crippen molar-refractivity contribution in [1.29, 1.82) is 0 Å². The van der Waals surface area contributed by atoms with Crippen molar-refractivity contribution < 1.29 is 13.2 Å². The van der Waals surface area contributed by atoms with Crippen molar-refractivity contribution in [1.82, 2.24) is 9.55 Å². The zero-order chi connectivity index (χ0) is 15.0. The molecule has 2 aromatic carbocycles. The van der Waals surface area contributed by atoms with Crippen molar-refractivity contribution in [3.63, 3.8) is 0 Å². The monoisotopic (exact) mass is 310 g/mol. The lowest BCUT2D eigenvalue weighted by molar-refractivity contribution is 0.576. The van der Waals surface area contributed by atoms with E-state index in [1.54, 1.807) is 10.6 Å². The molecule has 0 saturated carbocycles. The highest BCUT2D eigenvalue weighted by Crippen LogP contribution is 2.21. The first kappa shape index (κ1) is 13.9. The van der Waals surface area contributed by atoms with Crippen molar-refractivity contribution in [3.8, 4) is 0 Å². The summed E-state index contributed by atoms with van der Waals surface area (Å²) < 4.78 is 41.9. The van der Waals surface area contributed by atoms with Gasteiger partial charge in [0, 0.05) is 11.6 Å². The molecule has 0 spiro atoms. The summed E-state index contributed by atoms with van der Waals surface area (Å²) in [5.41, 5.74) is 1.24. The molecular formula is C15H10ClF3N2. The van der Waals surface area contributed by atoms with Crippen molar-refractivity contribution in [2.24, 2.45) is 0 Å². The fraction of sp³-hybridized carbons (Fsp3) is 0.133. The summed E-state index contributed by atoms with van der Waals surface area (Å²) in [5.74, 6) is -0.881. The number of benzene rings is 2. The van der Waals surface area contributed by atoms with E-state index in [4.69, 9.17) is 11.6 Å². The van der Waals surface area contributed by atoms with Gasteiger partial charge in [0.05, 0.1) is 23.5 Å². The van der Waals surface area contributed by atoms with Crippen LogP contribution in [0.2, 0.25) is 0 Å². The summed E-state index contributed by atoms with van der Waals surface area (Å²) in [4.78, 5) is 4.22. The number of rotatable bonds is 3. The predicted molar refractivity (Wildman–Crippen MR) is 74.7 cm³/mol. The standard InChI is InChI=1S/C15H10ClF3N2/c16-7-15-20-13-6-11(18)2-4-14(13)21(15)8-9-5-10(17)1-3-12(9)19/h1-6H,7-8H2. The Balaban J connectivity index is 2.13. The van der Waals surface area contributed by atoms with Gasteiger partial charge in [0.25, 0.3) is 0 Å². The van der Waals surface area contributed by atoms with E-state index in [1.807, 2.05) is 0 Å². The Bertz CT molecular complexity index is 814. The van der Waals surface area contributed by atoms with Crippen LogP contribution in [0.5, 0.6) is 0 Å². The molecule has 21 heavy (non-hydrogen) atoms. The molecule has 6 heteroatoms. The molecule has 0 radical (unpaired) electrons. The third-order valence-corrected chi connectivity index (χ3v) is 3.48. The van der Waals surface area contributed by atoms with Gasteiger partial charge >= 0.3 is 0 Å². The largest absolute Gasteiger partial charge is 0.322 e. The maximum atomic E-state index is 13.8. The Kier molecular flexibility index (Phi) is 3.59. The number of fused-ring (bicyclic) bond motifs is 1. The molecule has 1 heterocycles. The van der Waals surface area contributed by atoms with E-state index in [9.17, 15) is 13.2 Å². The van der Waals surface area contributed by atoms with Gasteiger partial charge in [-0.15, -0.1) is 11.6 Å². The van der Waals surface area contributed by atoms with Crippen LogP contribution in [0.15, 0.2) is 36.4 Å². The molecule has 0 fully saturated rings. The minimum atomic E-state index is -0.519. The number of imidazole rings is 1. The summed E-state index contributed by atoms with van der Waals surface area (Å²) in [6.07, 6.45) is 0. The molecule has 3 aromatic rings. The van der Waals surface area contributed by atoms with Crippen molar-refractivity contribution in [2.45, 2.75) is 12.4 Å². The molecule has 0 amide bonds. The lowest BCUT2D eigenvalue weighted by Gasteiger charge is -2.09. The van der Waals surface area contributed by atoms with Crippen LogP contribution in [0, 0.1) is 17.5 Å². The number of halogens is 4. The average molecular weight is 311 g/mol. The van der Waals surface area contributed by atoms with Gasteiger partial charge in [0.1, 0.15) is 23.3 Å². The Hall–Kier alpha value is -2.01. The second-order valence-electron chi connectivity index (χ2n) is 4.62. The van der Waals surface area contributed by atoms with Crippen molar-refractivity contribution in [2.75, 3.05) is 0 Å². The van der Waals surface area contributed by atoms with Gasteiger partial charge in [-0.2, -0.15) is 0 Å². The van der Waals surface area contributed by atoms with Crippen LogP contribution in [0.1, 0.15) is 11.4 Å². The van der Waals surface area contributed by atoms with Crippen LogP contribution < -0.4 is 0 Å². The van der Waals surface area contributed by atoms with Crippen LogP contribution in [-0.2, 0) is 12.4 Å². The maximum Gasteiger partial charge on any atom is 0.128 e. The predicted octanol–water partition coefficient (Wildman–Crippen LogP) is 4.24. The number of hydrogen-bond donors (Lipinski definition) is 0. The molecule has 1 aromatic heterocycles. The summed E-state index contributed by atoms with van der Waals surface area (Å²) in [6, 6.07) is 7.38. The molecule has 0 bridgehead atoms. The third-order valence-electron chi connectivity index (χ3n) is 3.25. The molecule has 0 atom stereocenters. The van der Waals surface area contributed by atoms with Gasteiger partial charge in [-0.05, 0) is 30.3 Å². The molecule has 0 unspecified atom stereocenters. The van der Waals surface area contributed by atoms with Gasteiger partial charge in [-0.25, -0.2) is 18.2 Å². The van der Waals surface area contributed by atoms with Gasteiger partial charge < -0.3 is 4.57 Å². The SMILES string of the molecule is Fc1ccc(F)c(Cn2c(CCl)nc3cc(F)ccc32)c1. The van der Waals surface area contributed by atoms with Gasteiger partial charge in [0.2, 0.25) is 0 Å². The zero-order valence-electron chi connectivity index (χ0n) is 10.8. The molecular weight excluding hydrogens is 301 g/mol. The fourth-order valence-electron chi connectivity index (χ4n) is 2.27. The second kappa shape index (κ2) is 5.41. The van der Waals surface area contributed by atoms with Crippen LogP contribution in [0.25, 0.3) is 11.0 Å². The average Bonchev–Trinajstić information content (AvgIpc) is 2.80. The van der Waals surface area contributed by atoms with E-state index < -0.39 is 17.5 Å². The number of aromatic nitrogens is 2. The summed E-state index contributed by atoms with van der Waals surface area (Å²) in [6.45, 7) is 0.0772. The van der Waals surface area contributed by atoms with Crippen LogP contribution >= 0.6 is 11.6 Å². The van der Waals surface area contributed by atoms with Gasteiger partial charge in [0.15, 0.2) is 0 Å².